The van der Waals surface area contributed by atoms with Crippen LogP contribution in [0.1, 0.15) is 11.1 Å². The largest absolute Gasteiger partial charge is 0.392 e. The van der Waals surface area contributed by atoms with Gasteiger partial charge < -0.3 is 5.11 Å². The first-order valence-corrected chi connectivity index (χ1v) is 6.49. The van der Waals surface area contributed by atoms with E-state index in [1.54, 1.807) is 6.33 Å². The van der Waals surface area contributed by atoms with Crippen LogP contribution >= 0.6 is 0 Å². The Morgan fingerprint density at radius 3 is 2.30 bits per heavy atom. The van der Waals surface area contributed by atoms with Gasteiger partial charge in [0, 0.05) is 5.56 Å². The summed E-state index contributed by atoms with van der Waals surface area (Å²) in [5.41, 5.74) is 3.06. The summed E-state index contributed by atoms with van der Waals surface area (Å²) < 4.78 is 1.82. The van der Waals surface area contributed by atoms with E-state index in [4.69, 9.17) is 5.11 Å². The van der Waals surface area contributed by atoms with Crippen molar-refractivity contribution in [2.75, 3.05) is 0 Å². The van der Waals surface area contributed by atoms with Gasteiger partial charge in [-0.3, -0.25) is 0 Å². The standard InChI is InChI=1S/C16H15N3O/c20-11-14-8-6-13(7-9-14)10-19-12-17-16(18-19)15-4-2-1-3-5-15/h1-9,12,20H,10-11H2. The monoisotopic (exact) mass is 265 g/mol. The second-order valence-corrected chi connectivity index (χ2v) is 4.61. The van der Waals surface area contributed by atoms with Crippen LogP contribution in [0, 0.1) is 0 Å². The van der Waals surface area contributed by atoms with Gasteiger partial charge in [0.15, 0.2) is 5.82 Å². The van der Waals surface area contributed by atoms with Crippen LogP contribution in [-0.4, -0.2) is 19.9 Å². The van der Waals surface area contributed by atoms with Crippen LogP contribution < -0.4 is 0 Å². The zero-order chi connectivity index (χ0) is 13.8. The molecule has 1 N–H and O–H groups in total. The zero-order valence-corrected chi connectivity index (χ0v) is 11.0. The molecule has 0 fully saturated rings. The highest BCUT2D eigenvalue weighted by atomic mass is 16.3. The molecule has 0 radical (unpaired) electrons. The molecular weight excluding hydrogens is 250 g/mol. The van der Waals surface area contributed by atoms with Gasteiger partial charge in [-0.05, 0) is 11.1 Å². The molecule has 4 nitrogen and oxygen atoms in total. The van der Waals surface area contributed by atoms with Crippen LogP contribution in [0.2, 0.25) is 0 Å². The number of benzene rings is 2. The van der Waals surface area contributed by atoms with E-state index in [1.807, 2.05) is 59.3 Å². The summed E-state index contributed by atoms with van der Waals surface area (Å²) in [6.45, 7) is 0.743. The number of aliphatic hydroxyl groups is 1. The zero-order valence-electron chi connectivity index (χ0n) is 11.0. The Morgan fingerprint density at radius 2 is 1.60 bits per heavy atom. The molecule has 0 aliphatic heterocycles. The first-order chi connectivity index (χ1) is 9.85. The molecule has 0 bridgehead atoms. The van der Waals surface area contributed by atoms with Gasteiger partial charge in [-0.15, -0.1) is 0 Å². The van der Waals surface area contributed by atoms with Crippen molar-refractivity contribution >= 4 is 0 Å². The lowest BCUT2D eigenvalue weighted by atomic mass is 10.1. The average Bonchev–Trinajstić information content (AvgIpc) is 2.97. The predicted octanol–water partition coefficient (Wildman–Crippen LogP) is 2.49. The van der Waals surface area contributed by atoms with Gasteiger partial charge in [-0.2, -0.15) is 5.10 Å². The summed E-state index contributed by atoms with van der Waals surface area (Å²) in [4.78, 5) is 4.33. The molecule has 0 spiro atoms. The summed E-state index contributed by atoms with van der Waals surface area (Å²) in [5, 5.41) is 13.5. The molecule has 0 unspecified atom stereocenters. The molecule has 20 heavy (non-hydrogen) atoms. The lowest BCUT2D eigenvalue weighted by molar-refractivity contribution is 0.282. The van der Waals surface area contributed by atoms with Gasteiger partial charge in [-0.1, -0.05) is 54.6 Å². The lowest BCUT2D eigenvalue weighted by Crippen LogP contribution is -2.00. The molecule has 0 atom stereocenters. The highest BCUT2D eigenvalue weighted by molar-refractivity contribution is 5.53. The van der Waals surface area contributed by atoms with E-state index in [0.29, 0.717) is 6.54 Å². The van der Waals surface area contributed by atoms with E-state index >= 15 is 0 Å². The maximum atomic E-state index is 9.02. The average molecular weight is 265 g/mol. The smallest absolute Gasteiger partial charge is 0.181 e. The third kappa shape index (κ3) is 2.75. The molecule has 1 aromatic heterocycles. The maximum Gasteiger partial charge on any atom is 0.181 e. The highest BCUT2D eigenvalue weighted by Gasteiger charge is 2.04. The van der Waals surface area contributed by atoms with Crippen LogP contribution in [-0.2, 0) is 13.2 Å². The Labute approximate surface area is 117 Å². The van der Waals surface area contributed by atoms with Gasteiger partial charge in [0.2, 0.25) is 0 Å². The topological polar surface area (TPSA) is 50.9 Å². The molecule has 0 saturated carbocycles. The Hall–Kier alpha value is -2.46. The summed E-state index contributed by atoms with van der Waals surface area (Å²) in [6.07, 6.45) is 1.74. The molecule has 3 aromatic rings. The molecule has 0 saturated heterocycles. The molecule has 0 aliphatic rings. The van der Waals surface area contributed by atoms with E-state index < -0.39 is 0 Å². The normalized spacial score (nSPS) is 10.7. The van der Waals surface area contributed by atoms with Crippen molar-refractivity contribution in [3.63, 3.8) is 0 Å². The number of hydrogen-bond donors (Lipinski definition) is 1. The van der Waals surface area contributed by atoms with Crippen LogP contribution in [0.15, 0.2) is 60.9 Å². The quantitative estimate of drug-likeness (QED) is 0.788. The first kappa shape index (κ1) is 12.6. The van der Waals surface area contributed by atoms with Crippen molar-refractivity contribution < 1.29 is 5.11 Å². The van der Waals surface area contributed by atoms with Crippen LogP contribution in [0.3, 0.4) is 0 Å². The minimum atomic E-state index is 0.0712. The van der Waals surface area contributed by atoms with Crippen molar-refractivity contribution in [3.8, 4) is 11.4 Å². The fourth-order valence-corrected chi connectivity index (χ4v) is 2.03. The molecule has 1 heterocycles. The molecule has 2 aromatic carbocycles. The second-order valence-electron chi connectivity index (χ2n) is 4.61. The van der Waals surface area contributed by atoms with Crippen LogP contribution in [0.4, 0.5) is 0 Å². The fourth-order valence-electron chi connectivity index (χ4n) is 2.03. The molecule has 0 amide bonds. The minimum Gasteiger partial charge on any atom is -0.392 e. The number of aromatic nitrogens is 3. The summed E-state index contributed by atoms with van der Waals surface area (Å²) in [7, 11) is 0. The number of rotatable bonds is 4. The number of nitrogens with zero attached hydrogens (tertiary/aromatic N) is 3. The Bertz CT molecular complexity index is 674. The van der Waals surface area contributed by atoms with Crippen LogP contribution in [0.25, 0.3) is 11.4 Å². The second kappa shape index (κ2) is 5.67. The summed E-state index contributed by atoms with van der Waals surface area (Å²) in [6, 6.07) is 17.8. The summed E-state index contributed by atoms with van der Waals surface area (Å²) in [5.74, 6) is 0.734. The van der Waals surface area contributed by atoms with E-state index in [-0.39, 0.29) is 6.61 Å². The summed E-state index contributed by atoms with van der Waals surface area (Å²) >= 11 is 0. The number of aliphatic hydroxyl groups excluding tert-OH is 1. The van der Waals surface area contributed by atoms with Crippen molar-refractivity contribution in [1.82, 2.24) is 14.8 Å². The Morgan fingerprint density at radius 1 is 0.900 bits per heavy atom. The van der Waals surface area contributed by atoms with E-state index in [9.17, 15) is 0 Å². The predicted molar refractivity (Wildman–Crippen MR) is 76.9 cm³/mol. The van der Waals surface area contributed by atoms with E-state index in [2.05, 4.69) is 10.1 Å². The first-order valence-electron chi connectivity index (χ1n) is 6.49. The Balaban J connectivity index is 1.77. The van der Waals surface area contributed by atoms with Crippen LogP contribution in [0.5, 0.6) is 0 Å². The van der Waals surface area contributed by atoms with Gasteiger partial charge in [0.25, 0.3) is 0 Å². The molecule has 4 heteroatoms. The van der Waals surface area contributed by atoms with Crippen molar-refractivity contribution in [1.29, 1.82) is 0 Å². The van der Waals surface area contributed by atoms with Gasteiger partial charge in [-0.25, -0.2) is 9.67 Å². The van der Waals surface area contributed by atoms with Gasteiger partial charge >= 0.3 is 0 Å². The maximum absolute atomic E-state index is 9.02. The lowest BCUT2D eigenvalue weighted by Gasteiger charge is -2.02. The highest BCUT2D eigenvalue weighted by Crippen LogP contribution is 2.13. The van der Waals surface area contributed by atoms with Crippen molar-refractivity contribution in [2.24, 2.45) is 0 Å². The van der Waals surface area contributed by atoms with Crippen molar-refractivity contribution in [2.45, 2.75) is 13.2 Å². The SMILES string of the molecule is OCc1ccc(Cn2cnc(-c3ccccc3)n2)cc1. The van der Waals surface area contributed by atoms with Gasteiger partial charge in [0.1, 0.15) is 6.33 Å². The third-order valence-electron chi connectivity index (χ3n) is 3.12. The van der Waals surface area contributed by atoms with E-state index in [0.717, 1.165) is 22.5 Å². The molecular formula is C16H15N3O. The fraction of sp³-hybridized carbons (Fsp3) is 0.125. The molecule has 100 valence electrons. The number of hydrogen-bond acceptors (Lipinski definition) is 3. The van der Waals surface area contributed by atoms with E-state index in [1.165, 1.54) is 0 Å². The molecule has 3 rings (SSSR count). The Kier molecular flexibility index (Phi) is 3.56. The van der Waals surface area contributed by atoms with Crippen molar-refractivity contribution in [3.05, 3.63) is 72.1 Å². The minimum absolute atomic E-state index is 0.0712. The molecule has 0 aliphatic carbocycles. The third-order valence-corrected chi connectivity index (χ3v) is 3.12. The van der Waals surface area contributed by atoms with Gasteiger partial charge in [0.05, 0.1) is 13.2 Å².